The van der Waals surface area contributed by atoms with E-state index in [1.54, 1.807) is 0 Å². The van der Waals surface area contributed by atoms with Crippen molar-refractivity contribution in [1.82, 2.24) is 10.3 Å². The zero-order valence-corrected chi connectivity index (χ0v) is 14.1. The number of halogens is 1. The van der Waals surface area contributed by atoms with E-state index >= 15 is 0 Å². The molecule has 1 amide bonds. The van der Waals surface area contributed by atoms with Crippen LogP contribution in [-0.2, 0) is 4.79 Å². The van der Waals surface area contributed by atoms with Gasteiger partial charge in [0.05, 0.1) is 11.7 Å². The van der Waals surface area contributed by atoms with Crippen LogP contribution in [0, 0.1) is 12.7 Å². The quantitative estimate of drug-likeness (QED) is 0.840. The molecule has 0 saturated carbocycles. The van der Waals surface area contributed by atoms with Crippen LogP contribution in [-0.4, -0.2) is 28.1 Å². The summed E-state index contributed by atoms with van der Waals surface area (Å²) in [7, 11) is 0. The Morgan fingerprint density at radius 2 is 1.96 bits per heavy atom. The largest absolute Gasteiger partial charge is 0.479 e. The molecule has 1 unspecified atom stereocenters. The molecular formula is C18H19FN2O4. The first-order valence-electron chi connectivity index (χ1n) is 7.70. The topological polar surface area (TPSA) is 88.5 Å². The van der Waals surface area contributed by atoms with E-state index in [1.807, 2.05) is 13.8 Å². The zero-order chi connectivity index (χ0) is 18.6. The summed E-state index contributed by atoms with van der Waals surface area (Å²) in [5, 5.41) is 11.8. The first-order valence-corrected chi connectivity index (χ1v) is 7.70. The molecule has 1 aromatic carbocycles. The van der Waals surface area contributed by atoms with Crippen molar-refractivity contribution in [1.29, 1.82) is 0 Å². The van der Waals surface area contributed by atoms with Gasteiger partial charge in [0, 0.05) is 12.3 Å². The second-order valence-corrected chi connectivity index (χ2v) is 5.81. The Balaban J connectivity index is 2.17. The minimum absolute atomic E-state index is 0.0507. The Hall–Kier alpha value is -2.96. The lowest BCUT2D eigenvalue weighted by Crippen LogP contribution is -2.33. The zero-order valence-electron chi connectivity index (χ0n) is 14.1. The highest BCUT2D eigenvalue weighted by Crippen LogP contribution is 2.18. The van der Waals surface area contributed by atoms with Crippen molar-refractivity contribution in [3.8, 4) is 5.88 Å². The van der Waals surface area contributed by atoms with Crippen LogP contribution in [0.2, 0.25) is 0 Å². The predicted octanol–water partition coefficient (Wildman–Crippen LogP) is 2.87. The summed E-state index contributed by atoms with van der Waals surface area (Å²) in [5.74, 6) is -1.91. The highest BCUT2D eigenvalue weighted by atomic mass is 19.1. The van der Waals surface area contributed by atoms with Gasteiger partial charge in [-0.05, 0) is 44.0 Å². The number of pyridine rings is 1. The minimum atomic E-state index is -1.29. The van der Waals surface area contributed by atoms with Crippen molar-refractivity contribution in [2.75, 3.05) is 0 Å². The van der Waals surface area contributed by atoms with Gasteiger partial charge in [-0.3, -0.25) is 4.79 Å². The number of aryl methyl sites for hydroxylation is 1. The number of aliphatic carboxylic acids is 1. The summed E-state index contributed by atoms with van der Waals surface area (Å²) in [6.45, 7) is 5.23. The molecule has 1 aromatic heterocycles. The van der Waals surface area contributed by atoms with E-state index in [1.165, 1.54) is 43.5 Å². The molecule has 2 rings (SSSR count). The summed E-state index contributed by atoms with van der Waals surface area (Å²) >= 11 is 0. The lowest BCUT2D eigenvalue weighted by molar-refractivity contribution is -0.139. The van der Waals surface area contributed by atoms with E-state index in [9.17, 15) is 19.1 Å². The van der Waals surface area contributed by atoms with Crippen LogP contribution >= 0.6 is 0 Å². The van der Waals surface area contributed by atoms with Crippen LogP contribution in [0.5, 0.6) is 5.88 Å². The number of carbonyl (C=O) groups excluding carboxylic acids is 1. The Morgan fingerprint density at radius 1 is 1.24 bits per heavy atom. The van der Waals surface area contributed by atoms with Gasteiger partial charge in [0.1, 0.15) is 5.82 Å². The number of carboxylic acid groups (broad SMARTS) is 1. The number of carbonyl (C=O) groups is 2. The molecule has 1 heterocycles. The van der Waals surface area contributed by atoms with E-state index in [2.05, 4.69) is 10.3 Å². The van der Waals surface area contributed by atoms with E-state index in [4.69, 9.17) is 4.74 Å². The van der Waals surface area contributed by atoms with Crippen molar-refractivity contribution in [3.05, 3.63) is 59.0 Å². The number of nitrogens with zero attached hydrogens (tertiary/aromatic N) is 1. The summed E-state index contributed by atoms with van der Waals surface area (Å²) in [4.78, 5) is 27.8. The number of hydrogen-bond donors (Lipinski definition) is 2. The van der Waals surface area contributed by atoms with Crippen LogP contribution in [0.1, 0.15) is 41.4 Å². The van der Waals surface area contributed by atoms with Crippen molar-refractivity contribution >= 4 is 11.9 Å². The van der Waals surface area contributed by atoms with Gasteiger partial charge in [0.2, 0.25) is 5.88 Å². The predicted molar refractivity (Wildman–Crippen MR) is 89.0 cm³/mol. The Kier molecular flexibility index (Phi) is 5.69. The van der Waals surface area contributed by atoms with Crippen LogP contribution < -0.4 is 10.1 Å². The molecule has 0 aliphatic rings. The first-order chi connectivity index (χ1) is 11.8. The molecule has 25 heavy (non-hydrogen) atoms. The molecule has 2 aromatic rings. The lowest BCUT2D eigenvalue weighted by Gasteiger charge is -2.16. The van der Waals surface area contributed by atoms with E-state index in [0.29, 0.717) is 11.4 Å². The molecule has 0 aliphatic heterocycles. The molecular weight excluding hydrogens is 327 g/mol. The maximum absolute atomic E-state index is 13.4. The summed E-state index contributed by atoms with van der Waals surface area (Å²) in [6.07, 6.45) is 1.26. The molecule has 0 aliphatic carbocycles. The van der Waals surface area contributed by atoms with Crippen LogP contribution in [0.4, 0.5) is 4.39 Å². The number of carboxylic acids is 1. The number of amides is 1. The van der Waals surface area contributed by atoms with E-state index in [-0.39, 0.29) is 17.2 Å². The summed E-state index contributed by atoms with van der Waals surface area (Å²) in [6, 6.07) is 5.64. The van der Waals surface area contributed by atoms with Crippen LogP contribution in [0.15, 0.2) is 36.5 Å². The molecule has 0 saturated heterocycles. The standard InChI is InChI=1S/C18H19FN2O4/c1-10(2)25-15-7-5-13(9-20-15)17(22)21-16(18(23)24)12-4-6-14(19)11(3)8-12/h4-10,16H,1-3H3,(H,21,22)(H,23,24). The highest BCUT2D eigenvalue weighted by molar-refractivity contribution is 5.96. The van der Waals surface area contributed by atoms with Gasteiger partial charge < -0.3 is 15.2 Å². The smallest absolute Gasteiger partial charge is 0.330 e. The maximum atomic E-state index is 13.4. The van der Waals surface area contributed by atoms with Gasteiger partial charge in [0.25, 0.3) is 5.91 Å². The van der Waals surface area contributed by atoms with E-state index in [0.717, 1.165) is 0 Å². The molecule has 0 fully saturated rings. The monoisotopic (exact) mass is 346 g/mol. The number of ether oxygens (including phenoxy) is 1. The average molecular weight is 346 g/mol. The lowest BCUT2D eigenvalue weighted by atomic mass is 10.0. The molecule has 0 radical (unpaired) electrons. The fourth-order valence-electron chi connectivity index (χ4n) is 2.18. The number of nitrogens with one attached hydrogen (secondary N) is 1. The minimum Gasteiger partial charge on any atom is -0.479 e. The third-order valence-electron chi connectivity index (χ3n) is 3.39. The van der Waals surface area contributed by atoms with Crippen molar-refractivity contribution < 1.29 is 23.8 Å². The van der Waals surface area contributed by atoms with Crippen molar-refractivity contribution in [2.45, 2.75) is 32.9 Å². The van der Waals surface area contributed by atoms with Gasteiger partial charge in [0.15, 0.2) is 6.04 Å². The number of benzene rings is 1. The maximum Gasteiger partial charge on any atom is 0.330 e. The highest BCUT2D eigenvalue weighted by Gasteiger charge is 2.23. The molecule has 6 nitrogen and oxygen atoms in total. The van der Waals surface area contributed by atoms with Crippen LogP contribution in [0.25, 0.3) is 0 Å². The number of aromatic nitrogens is 1. The summed E-state index contributed by atoms with van der Waals surface area (Å²) in [5.41, 5.74) is 0.781. The second-order valence-electron chi connectivity index (χ2n) is 5.81. The first kappa shape index (κ1) is 18.4. The molecule has 1 atom stereocenters. The number of rotatable bonds is 6. The van der Waals surface area contributed by atoms with Crippen molar-refractivity contribution in [2.24, 2.45) is 0 Å². The Bertz CT molecular complexity index is 775. The third-order valence-corrected chi connectivity index (χ3v) is 3.39. The molecule has 132 valence electrons. The molecule has 0 bridgehead atoms. The van der Waals surface area contributed by atoms with Gasteiger partial charge in [-0.25, -0.2) is 14.2 Å². The Morgan fingerprint density at radius 3 is 2.48 bits per heavy atom. The van der Waals surface area contributed by atoms with Gasteiger partial charge >= 0.3 is 5.97 Å². The Labute approximate surface area is 144 Å². The third kappa shape index (κ3) is 4.76. The normalized spacial score (nSPS) is 11.9. The van der Waals surface area contributed by atoms with Gasteiger partial charge in [-0.2, -0.15) is 0 Å². The van der Waals surface area contributed by atoms with E-state index < -0.39 is 23.7 Å². The average Bonchev–Trinajstić information content (AvgIpc) is 2.55. The number of hydrogen-bond acceptors (Lipinski definition) is 4. The molecule has 7 heteroatoms. The van der Waals surface area contributed by atoms with Gasteiger partial charge in [-0.1, -0.05) is 12.1 Å². The second kappa shape index (κ2) is 7.74. The summed E-state index contributed by atoms with van der Waals surface area (Å²) < 4.78 is 18.8. The molecule has 0 spiro atoms. The van der Waals surface area contributed by atoms with Crippen molar-refractivity contribution in [3.63, 3.8) is 0 Å². The van der Waals surface area contributed by atoms with Gasteiger partial charge in [-0.15, -0.1) is 0 Å². The van der Waals surface area contributed by atoms with Crippen LogP contribution in [0.3, 0.4) is 0 Å². The SMILES string of the molecule is Cc1cc(C(NC(=O)c2ccc(OC(C)C)nc2)C(=O)O)ccc1F. The fraction of sp³-hybridized carbons (Fsp3) is 0.278. The fourth-order valence-corrected chi connectivity index (χ4v) is 2.18. The molecule has 2 N–H and O–H groups in total.